The molecular formula is C11H7ClF3N3O2S. The van der Waals surface area contributed by atoms with Crippen molar-refractivity contribution in [2.45, 2.75) is 6.18 Å². The summed E-state index contributed by atoms with van der Waals surface area (Å²) in [7, 11) is 1.19. The zero-order valence-electron chi connectivity index (χ0n) is 10.4. The van der Waals surface area contributed by atoms with Crippen LogP contribution in [0.15, 0.2) is 17.6 Å². The number of amides is 1. The highest BCUT2D eigenvalue weighted by atomic mass is 35.5. The van der Waals surface area contributed by atoms with Gasteiger partial charge in [-0.3, -0.25) is 10.3 Å². The quantitative estimate of drug-likeness (QED) is 0.897. The second kappa shape index (κ2) is 5.86. The second-order valence-corrected chi connectivity index (χ2v) is 4.97. The molecule has 2 aromatic rings. The molecule has 0 aliphatic rings. The number of nitrogens with one attached hydrogen (secondary N) is 1. The van der Waals surface area contributed by atoms with Crippen LogP contribution in [0.25, 0.3) is 11.4 Å². The van der Waals surface area contributed by atoms with Crippen molar-refractivity contribution in [3.63, 3.8) is 0 Å². The molecule has 0 saturated heterocycles. The monoisotopic (exact) mass is 337 g/mol. The van der Waals surface area contributed by atoms with Crippen LogP contribution in [0.2, 0.25) is 5.02 Å². The first-order valence-electron chi connectivity index (χ1n) is 5.35. The molecule has 0 aromatic carbocycles. The summed E-state index contributed by atoms with van der Waals surface area (Å²) in [4.78, 5) is 18.7. The van der Waals surface area contributed by atoms with Crippen LogP contribution in [0.1, 0.15) is 5.56 Å². The number of nitrogens with zero attached hydrogens (tertiary/aromatic N) is 2. The van der Waals surface area contributed by atoms with Crippen molar-refractivity contribution in [3.8, 4) is 11.4 Å². The Morgan fingerprint density at radius 3 is 2.76 bits per heavy atom. The van der Waals surface area contributed by atoms with Gasteiger partial charge in [0.2, 0.25) is 0 Å². The van der Waals surface area contributed by atoms with Gasteiger partial charge in [-0.1, -0.05) is 11.6 Å². The lowest BCUT2D eigenvalue weighted by atomic mass is 10.2. The number of halogens is 4. The van der Waals surface area contributed by atoms with E-state index in [0.717, 1.165) is 17.4 Å². The number of alkyl halides is 3. The van der Waals surface area contributed by atoms with Crippen molar-refractivity contribution < 1.29 is 22.7 Å². The van der Waals surface area contributed by atoms with Crippen molar-refractivity contribution >= 4 is 34.2 Å². The highest BCUT2D eigenvalue weighted by molar-refractivity contribution is 7.14. The summed E-state index contributed by atoms with van der Waals surface area (Å²) < 4.78 is 41.9. The zero-order valence-corrected chi connectivity index (χ0v) is 11.9. The van der Waals surface area contributed by atoms with Crippen molar-refractivity contribution in [2.75, 3.05) is 12.4 Å². The molecule has 5 nitrogen and oxygen atoms in total. The van der Waals surface area contributed by atoms with Gasteiger partial charge in [-0.05, 0) is 6.07 Å². The van der Waals surface area contributed by atoms with E-state index in [2.05, 4.69) is 20.0 Å². The molecular weight excluding hydrogens is 331 g/mol. The van der Waals surface area contributed by atoms with Crippen molar-refractivity contribution in [1.82, 2.24) is 9.97 Å². The molecule has 0 atom stereocenters. The maximum Gasteiger partial charge on any atom is 0.417 e. The summed E-state index contributed by atoms with van der Waals surface area (Å²) in [6.45, 7) is 0. The van der Waals surface area contributed by atoms with E-state index in [9.17, 15) is 18.0 Å². The van der Waals surface area contributed by atoms with Gasteiger partial charge < -0.3 is 4.74 Å². The molecule has 21 heavy (non-hydrogen) atoms. The second-order valence-electron chi connectivity index (χ2n) is 3.71. The predicted molar refractivity (Wildman–Crippen MR) is 71.4 cm³/mol. The van der Waals surface area contributed by atoms with Crippen LogP contribution >= 0.6 is 22.9 Å². The lowest BCUT2D eigenvalue weighted by Crippen LogP contribution is -2.10. The van der Waals surface area contributed by atoms with Gasteiger partial charge in [0, 0.05) is 11.6 Å². The van der Waals surface area contributed by atoms with Crippen LogP contribution in [0.5, 0.6) is 0 Å². The Bertz CT molecular complexity index is 675. The zero-order chi connectivity index (χ0) is 15.6. The molecule has 2 aromatic heterocycles. The van der Waals surface area contributed by atoms with E-state index >= 15 is 0 Å². The first kappa shape index (κ1) is 15.5. The van der Waals surface area contributed by atoms with E-state index < -0.39 is 17.8 Å². The number of carbonyl (C=O) groups is 1. The SMILES string of the molecule is COC(=O)Nc1nc(-c2ncc(C(F)(F)F)cc2Cl)cs1. The van der Waals surface area contributed by atoms with Crippen molar-refractivity contribution in [2.24, 2.45) is 0 Å². The first-order valence-corrected chi connectivity index (χ1v) is 6.60. The number of ether oxygens (including phenoxy) is 1. The van der Waals surface area contributed by atoms with Gasteiger partial charge in [0.25, 0.3) is 0 Å². The molecule has 0 aliphatic heterocycles. The maximum absolute atomic E-state index is 12.5. The number of thiazole rings is 1. The minimum absolute atomic E-state index is 0.0961. The van der Waals surface area contributed by atoms with Gasteiger partial charge in [0.15, 0.2) is 5.13 Å². The van der Waals surface area contributed by atoms with Crippen molar-refractivity contribution in [1.29, 1.82) is 0 Å². The number of carbonyl (C=O) groups excluding carboxylic acids is 1. The Labute approximate surface area is 125 Å². The third kappa shape index (κ3) is 3.61. The standard InChI is InChI=1S/C11H7ClF3N3O2S/c1-20-10(19)18-9-17-7(4-21-9)8-6(12)2-5(3-16-8)11(13,14)15/h2-4H,1H3,(H,17,18,19). The molecule has 1 N–H and O–H groups in total. The van der Waals surface area contributed by atoms with Gasteiger partial charge in [-0.2, -0.15) is 13.2 Å². The number of rotatable bonds is 2. The average Bonchev–Trinajstić information content (AvgIpc) is 2.85. The van der Waals surface area contributed by atoms with Gasteiger partial charge in [-0.25, -0.2) is 9.78 Å². The largest absolute Gasteiger partial charge is 0.453 e. The lowest BCUT2D eigenvalue weighted by Gasteiger charge is -2.07. The molecule has 0 radical (unpaired) electrons. The van der Waals surface area contributed by atoms with Gasteiger partial charge >= 0.3 is 12.3 Å². The Morgan fingerprint density at radius 1 is 1.48 bits per heavy atom. The van der Waals surface area contributed by atoms with E-state index in [1.165, 1.54) is 12.5 Å². The fourth-order valence-corrected chi connectivity index (χ4v) is 2.30. The normalized spacial score (nSPS) is 11.3. The summed E-state index contributed by atoms with van der Waals surface area (Å²) in [5.41, 5.74) is -0.594. The number of anilines is 1. The minimum atomic E-state index is -4.52. The molecule has 112 valence electrons. The van der Waals surface area contributed by atoms with Crippen LogP contribution in [-0.2, 0) is 10.9 Å². The third-order valence-corrected chi connectivity index (χ3v) is 3.36. The molecule has 0 aliphatic carbocycles. The highest BCUT2D eigenvalue weighted by Gasteiger charge is 2.31. The number of pyridine rings is 1. The lowest BCUT2D eigenvalue weighted by molar-refractivity contribution is -0.137. The van der Waals surface area contributed by atoms with E-state index in [-0.39, 0.29) is 21.5 Å². The maximum atomic E-state index is 12.5. The molecule has 0 fully saturated rings. The Morgan fingerprint density at radius 2 is 2.19 bits per heavy atom. The predicted octanol–water partition coefficient (Wildman–Crippen LogP) is 4.06. The average molecular weight is 338 g/mol. The number of hydrogen-bond donors (Lipinski definition) is 1. The molecule has 0 saturated carbocycles. The summed E-state index contributed by atoms with van der Waals surface area (Å²) >= 11 is 6.86. The summed E-state index contributed by atoms with van der Waals surface area (Å²) in [5.74, 6) is 0. The molecule has 2 rings (SSSR count). The van der Waals surface area contributed by atoms with E-state index in [1.54, 1.807) is 0 Å². The Kier molecular flexibility index (Phi) is 4.33. The van der Waals surface area contributed by atoms with Crippen LogP contribution in [0.3, 0.4) is 0 Å². The molecule has 0 unspecified atom stereocenters. The molecule has 1 amide bonds. The first-order chi connectivity index (χ1) is 9.81. The smallest absolute Gasteiger partial charge is 0.417 e. The third-order valence-electron chi connectivity index (χ3n) is 2.31. The molecule has 2 heterocycles. The summed E-state index contributed by atoms with van der Waals surface area (Å²) in [6.07, 6.45) is -4.55. The van der Waals surface area contributed by atoms with Crippen LogP contribution in [0.4, 0.5) is 23.1 Å². The van der Waals surface area contributed by atoms with Crippen molar-refractivity contribution in [3.05, 3.63) is 28.2 Å². The highest BCUT2D eigenvalue weighted by Crippen LogP contribution is 2.34. The van der Waals surface area contributed by atoms with Gasteiger partial charge in [0.05, 0.1) is 17.7 Å². The van der Waals surface area contributed by atoms with Crippen LogP contribution < -0.4 is 5.32 Å². The Balaban J connectivity index is 2.29. The molecule has 10 heteroatoms. The summed E-state index contributed by atoms with van der Waals surface area (Å²) in [6, 6.07) is 0.774. The van der Waals surface area contributed by atoms with E-state index in [0.29, 0.717) is 6.20 Å². The van der Waals surface area contributed by atoms with Crippen LogP contribution in [0, 0.1) is 0 Å². The van der Waals surface area contributed by atoms with Gasteiger partial charge in [-0.15, -0.1) is 11.3 Å². The number of methoxy groups -OCH3 is 1. The van der Waals surface area contributed by atoms with Crippen LogP contribution in [-0.4, -0.2) is 23.2 Å². The van der Waals surface area contributed by atoms with E-state index in [4.69, 9.17) is 11.6 Å². The fourth-order valence-electron chi connectivity index (χ4n) is 1.36. The molecule has 0 bridgehead atoms. The van der Waals surface area contributed by atoms with Gasteiger partial charge in [0.1, 0.15) is 11.4 Å². The number of aromatic nitrogens is 2. The number of hydrogen-bond acceptors (Lipinski definition) is 5. The van der Waals surface area contributed by atoms with E-state index in [1.807, 2.05) is 0 Å². The summed E-state index contributed by atoms with van der Waals surface area (Å²) in [5, 5.41) is 3.88. The topological polar surface area (TPSA) is 64.1 Å². The minimum Gasteiger partial charge on any atom is -0.453 e. The molecule has 0 spiro atoms. The Hall–Kier alpha value is -1.87. The fraction of sp³-hybridized carbons (Fsp3) is 0.182.